The molecule has 0 saturated carbocycles. The van der Waals surface area contributed by atoms with Gasteiger partial charge in [-0.3, -0.25) is 4.79 Å². The van der Waals surface area contributed by atoms with Crippen molar-refractivity contribution in [3.05, 3.63) is 48.0 Å². The largest absolute Gasteiger partial charge is 0.382 e. The van der Waals surface area contributed by atoms with Crippen LogP contribution < -0.4 is 20.9 Å². The molecule has 6 nitrogen and oxygen atoms in total. The lowest BCUT2D eigenvalue weighted by molar-refractivity contribution is -0.106. The van der Waals surface area contributed by atoms with E-state index in [1.54, 1.807) is 12.1 Å². The molecule has 3 amide bonds. The molecule has 1 heterocycles. The number of carbonyl (C=O) groups excluding carboxylic acids is 2. The molecule has 0 atom stereocenters. The zero-order valence-corrected chi connectivity index (χ0v) is 14.4. The molecule has 0 radical (unpaired) electrons. The van der Waals surface area contributed by atoms with Gasteiger partial charge in [0.1, 0.15) is 0 Å². The fourth-order valence-electron chi connectivity index (χ4n) is 2.76. The molecule has 0 bridgehead atoms. The maximum Gasteiger partial charge on any atom is 0.332 e. The second-order valence-corrected chi connectivity index (χ2v) is 6.27. The van der Waals surface area contributed by atoms with Crippen LogP contribution in [-0.2, 0) is 4.79 Å². The molecule has 1 aliphatic rings. The van der Waals surface area contributed by atoms with Gasteiger partial charge in [0, 0.05) is 18.8 Å². The van der Waals surface area contributed by atoms with Crippen molar-refractivity contribution in [2.45, 2.75) is 19.8 Å². The average Bonchev–Trinajstić information content (AvgIpc) is 2.62. The number of urea groups is 1. The van der Waals surface area contributed by atoms with Crippen molar-refractivity contribution < 1.29 is 9.59 Å². The highest BCUT2D eigenvalue weighted by Gasteiger charge is 2.18. The summed E-state index contributed by atoms with van der Waals surface area (Å²) in [4.78, 5) is 25.1. The van der Waals surface area contributed by atoms with E-state index < -0.39 is 6.03 Å². The standard InChI is InChI=1S/C19H22N4O2/c1-13(2)14-4-3-5-15(10-14)22-19(25)23(12-24)16-6-7-17-18(11-16)21-9-8-20-17/h3-7,10-13,20-21H,8-9H2,1-2H3,(H,22,25). The first-order valence-corrected chi connectivity index (χ1v) is 8.36. The molecule has 25 heavy (non-hydrogen) atoms. The Balaban J connectivity index is 1.80. The van der Waals surface area contributed by atoms with Gasteiger partial charge in [-0.1, -0.05) is 26.0 Å². The van der Waals surface area contributed by atoms with Gasteiger partial charge < -0.3 is 16.0 Å². The molecule has 130 valence electrons. The molecule has 0 aromatic heterocycles. The Morgan fingerprint density at radius 2 is 1.88 bits per heavy atom. The highest BCUT2D eigenvalue weighted by atomic mass is 16.2. The topological polar surface area (TPSA) is 73.5 Å². The maximum absolute atomic E-state index is 12.5. The predicted molar refractivity (Wildman–Crippen MR) is 102 cm³/mol. The minimum absolute atomic E-state index is 0.359. The van der Waals surface area contributed by atoms with Gasteiger partial charge in [-0.25, -0.2) is 9.69 Å². The molecular formula is C19H22N4O2. The Morgan fingerprint density at radius 1 is 1.12 bits per heavy atom. The Bertz CT molecular complexity index is 789. The quantitative estimate of drug-likeness (QED) is 0.741. The average molecular weight is 338 g/mol. The van der Waals surface area contributed by atoms with Crippen molar-refractivity contribution in [1.82, 2.24) is 0 Å². The Hall–Kier alpha value is -3.02. The zero-order chi connectivity index (χ0) is 17.8. The van der Waals surface area contributed by atoms with Gasteiger partial charge in [0.15, 0.2) is 0 Å². The molecule has 0 unspecified atom stereocenters. The third kappa shape index (κ3) is 3.74. The zero-order valence-electron chi connectivity index (χ0n) is 14.4. The Kier molecular flexibility index (Phi) is 4.88. The van der Waals surface area contributed by atoms with E-state index in [-0.39, 0.29) is 0 Å². The van der Waals surface area contributed by atoms with Crippen molar-refractivity contribution in [1.29, 1.82) is 0 Å². The fourth-order valence-corrected chi connectivity index (χ4v) is 2.76. The SMILES string of the molecule is CC(C)c1cccc(NC(=O)N(C=O)c2ccc3c(c2)NCCN3)c1. The Labute approximate surface area is 147 Å². The molecule has 3 N–H and O–H groups in total. The molecule has 0 spiro atoms. The molecule has 2 aromatic rings. The summed E-state index contributed by atoms with van der Waals surface area (Å²) in [6.07, 6.45) is 0.527. The lowest BCUT2D eigenvalue weighted by Gasteiger charge is -2.23. The number of imide groups is 1. The molecule has 2 aromatic carbocycles. The highest BCUT2D eigenvalue weighted by molar-refractivity contribution is 6.12. The van der Waals surface area contributed by atoms with Crippen molar-refractivity contribution in [3.8, 4) is 0 Å². The third-order valence-corrected chi connectivity index (χ3v) is 4.17. The monoisotopic (exact) mass is 338 g/mol. The normalized spacial score (nSPS) is 12.6. The van der Waals surface area contributed by atoms with Crippen LogP contribution in [0.5, 0.6) is 0 Å². The minimum Gasteiger partial charge on any atom is -0.382 e. The molecule has 0 saturated heterocycles. The van der Waals surface area contributed by atoms with E-state index in [1.165, 1.54) is 0 Å². The maximum atomic E-state index is 12.5. The number of carbonyl (C=O) groups is 2. The lowest BCUT2D eigenvalue weighted by Crippen LogP contribution is -2.34. The van der Waals surface area contributed by atoms with Crippen molar-refractivity contribution in [3.63, 3.8) is 0 Å². The summed E-state index contributed by atoms with van der Waals surface area (Å²) < 4.78 is 0. The number of anilines is 4. The number of rotatable bonds is 4. The van der Waals surface area contributed by atoms with Crippen molar-refractivity contribution in [2.24, 2.45) is 0 Å². The van der Waals surface area contributed by atoms with Crippen LogP contribution in [0.15, 0.2) is 42.5 Å². The summed E-state index contributed by atoms with van der Waals surface area (Å²) in [5, 5.41) is 9.30. The van der Waals surface area contributed by atoms with Crippen molar-refractivity contribution in [2.75, 3.05) is 33.9 Å². The van der Waals surface area contributed by atoms with Gasteiger partial charge in [0.25, 0.3) is 0 Å². The van der Waals surface area contributed by atoms with Gasteiger partial charge in [-0.2, -0.15) is 0 Å². The van der Waals surface area contributed by atoms with Crippen LogP contribution in [0.1, 0.15) is 25.3 Å². The number of hydrogen-bond acceptors (Lipinski definition) is 4. The Morgan fingerprint density at radius 3 is 2.60 bits per heavy atom. The second-order valence-electron chi connectivity index (χ2n) is 6.27. The van der Waals surface area contributed by atoms with E-state index in [4.69, 9.17) is 0 Å². The van der Waals surface area contributed by atoms with Crippen LogP contribution in [0.3, 0.4) is 0 Å². The van der Waals surface area contributed by atoms with E-state index in [2.05, 4.69) is 29.8 Å². The van der Waals surface area contributed by atoms with Crippen molar-refractivity contribution >= 4 is 35.2 Å². The number of hydrogen-bond donors (Lipinski definition) is 3. The first-order chi connectivity index (χ1) is 12.1. The summed E-state index contributed by atoms with van der Waals surface area (Å²) in [7, 11) is 0. The second kappa shape index (κ2) is 7.25. The smallest absolute Gasteiger partial charge is 0.332 e. The summed E-state index contributed by atoms with van der Waals surface area (Å²) >= 11 is 0. The minimum atomic E-state index is -0.486. The number of amides is 3. The molecule has 3 rings (SSSR count). The summed E-state index contributed by atoms with van der Waals surface area (Å²) in [6.45, 7) is 5.82. The third-order valence-electron chi connectivity index (χ3n) is 4.17. The lowest BCUT2D eigenvalue weighted by atomic mass is 10.0. The fraction of sp³-hybridized carbons (Fsp3) is 0.263. The molecule has 0 aliphatic carbocycles. The number of nitrogens with zero attached hydrogens (tertiary/aromatic N) is 1. The van der Waals surface area contributed by atoms with E-state index in [0.29, 0.717) is 23.7 Å². The molecule has 6 heteroatoms. The van der Waals surface area contributed by atoms with Gasteiger partial charge in [0.2, 0.25) is 6.41 Å². The van der Waals surface area contributed by atoms with E-state index >= 15 is 0 Å². The molecule has 1 aliphatic heterocycles. The van der Waals surface area contributed by atoms with Crippen LogP contribution in [0.2, 0.25) is 0 Å². The van der Waals surface area contributed by atoms with Crippen LogP contribution in [0, 0.1) is 0 Å². The summed E-state index contributed by atoms with van der Waals surface area (Å²) in [6, 6.07) is 12.6. The van der Waals surface area contributed by atoms with Gasteiger partial charge >= 0.3 is 6.03 Å². The van der Waals surface area contributed by atoms with Crippen LogP contribution in [-0.4, -0.2) is 25.5 Å². The molecule has 0 fully saturated rings. The van der Waals surface area contributed by atoms with E-state index in [0.717, 1.165) is 34.9 Å². The highest BCUT2D eigenvalue weighted by Crippen LogP contribution is 2.29. The number of nitrogens with one attached hydrogen (secondary N) is 3. The summed E-state index contributed by atoms with van der Waals surface area (Å²) in [5.74, 6) is 0.359. The predicted octanol–water partition coefficient (Wildman–Crippen LogP) is 3.84. The van der Waals surface area contributed by atoms with Crippen LogP contribution >= 0.6 is 0 Å². The molecular weight excluding hydrogens is 316 g/mol. The first-order valence-electron chi connectivity index (χ1n) is 8.36. The van der Waals surface area contributed by atoms with E-state index in [1.807, 2.05) is 30.3 Å². The van der Waals surface area contributed by atoms with Crippen LogP contribution in [0.25, 0.3) is 0 Å². The first kappa shape index (κ1) is 16.8. The van der Waals surface area contributed by atoms with Crippen LogP contribution in [0.4, 0.5) is 27.5 Å². The van der Waals surface area contributed by atoms with E-state index in [9.17, 15) is 9.59 Å². The summed E-state index contributed by atoms with van der Waals surface area (Å²) in [5.41, 5.74) is 4.15. The number of benzene rings is 2. The van der Waals surface area contributed by atoms with Gasteiger partial charge in [-0.05, 0) is 41.8 Å². The van der Waals surface area contributed by atoms with Gasteiger partial charge in [-0.15, -0.1) is 0 Å². The van der Waals surface area contributed by atoms with Gasteiger partial charge in [0.05, 0.1) is 17.1 Å². The number of fused-ring (bicyclic) bond motifs is 1.